The van der Waals surface area contributed by atoms with Crippen LogP contribution in [0.4, 0.5) is 11.6 Å². The van der Waals surface area contributed by atoms with Crippen LogP contribution in [0.15, 0.2) is 29.1 Å². The molecular formula is C31H41N6O17P. The number of carbonyl (C=O) groups is 3. The Kier molecular flexibility index (Phi) is 14.8. The third-order valence-electron chi connectivity index (χ3n) is 8.24. The number of aryl methyl sites for hydroxylation is 1. The van der Waals surface area contributed by atoms with Crippen LogP contribution in [0.3, 0.4) is 0 Å². The molecule has 2 aromatic heterocycles. The fourth-order valence-electron chi connectivity index (χ4n) is 5.38. The van der Waals surface area contributed by atoms with Gasteiger partial charge in [-0.05, 0) is 38.0 Å². The lowest BCUT2D eigenvalue weighted by Crippen LogP contribution is -2.43. The molecule has 1 aliphatic rings. The van der Waals surface area contributed by atoms with Gasteiger partial charge >= 0.3 is 19.8 Å². The molecular weight excluding hydrogens is 759 g/mol. The highest BCUT2D eigenvalue weighted by molar-refractivity contribution is 7.47. The summed E-state index contributed by atoms with van der Waals surface area (Å²) in [6, 6.07) is 6.27. The molecule has 3 heterocycles. The first-order valence-electron chi connectivity index (χ1n) is 16.5. The lowest BCUT2D eigenvalue weighted by Gasteiger charge is -2.25. The summed E-state index contributed by atoms with van der Waals surface area (Å²) in [7, 11) is -5.12. The number of rotatable bonds is 21. The lowest BCUT2D eigenvalue weighted by molar-refractivity contribution is -0.192. The molecule has 0 saturated carbocycles. The lowest BCUT2D eigenvalue weighted by atomic mass is 10.0. The third-order valence-corrected chi connectivity index (χ3v) is 9.23. The smallest absolute Gasteiger partial charge is 0.473 e. The molecule has 1 unspecified atom stereocenters. The molecule has 11 N–H and O–H groups in total. The molecule has 24 heteroatoms. The van der Waals surface area contributed by atoms with Gasteiger partial charge in [-0.25, -0.2) is 19.3 Å². The van der Waals surface area contributed by atoms with Gasteiger partial charge in [0.1, 0.15) is 30.5 Å². The van der Waals surface area contributed by atoms with Crippen molar-refractivity contribution in [1.29, 1.82) is 0 Å². The second-order valence-corrected chi connectivity index (χ2v) is 13.8. The molecule has 1 amide bonds. The Labute approximate surface area is 310 Å². The first-order chi connectivity index (χ1) is 25.9. The van der Waals surface area contributed by atoms with E-state index in [-0.39, 0.29) is 23.5 Å². The highest BCUT2D eigenvalue weighted by Crippen LogP contribution is 2.46. The standard InChI is InChI=1S/C31H41N6O17P/c1-13(22-14(2)34-27-23(35-22)28(46)37-31(36-27)32-12-38)33-16-5-3-15(4-6-16)9-17(39)24(43)18(40)10-51-30-26(45)25(44)20(53-30)11-52-55(49,50)54-19(29(47)48)7-8-21(41)42/h3-6,12-13,17-20,24-26,30,33,39-40,43-45H,7-11H2,1-2H3,(H,41,42)(H,47,48)(H,49,50)(H2,32,34,36,37,38,46)/t13-,17+,18-,19+,20-,24+,25-,26-,30+/m1/s1. The van der Waals surface area contributed by atoms with E-state index >= 15 is 0 Å². The maximum absolute atomic E-state index is 12.5. The molecule has 1 fully saturated rings. The van der Waals surface area contributed by atoms with Crippen LogP contribution in [0, 0.1) is 6.92 Å². The summed E-state index contributed by atoms with van der Waals surface area (Å²) in [5.74, 6) is -3.17. The number of carboxylic acids is 2. The van der Waals surface area contributed by atoms with Gasteiger partial charge in [0.25, 0.3) is 5.56 Å². The number of amides is 1. The van der Waals surface area contributed by atoms with Crippen LogP contribution in [-0.4, -0.2) is 141 Å². The Balaban J connectivity index is 1.25. The van der Waals surface area contributed by atoms with Crippen molar-refractivity contribution in [2.24, 2.45) is 0 Å². The number of hydrogen-bond donors (Lipinski definition) is 11. The number of phosphoric ester groups is 1. The number of benzene rings is 1. The number of nitrogens with zero attached hydrogens (tertiary/aromatic N) is 3. The van der Waals surface area contributed by atoms with E-state index in [0.29, 0.717) is 29.0 Å². The number of carboxylic acid groups (broad SMARTS) is 2. The van der Waals surface area contributed by atoms with E-state index in [1.54, 1.807) is 38.1 Å². The summed E-state index contributed by atoms with van der Waals surface area (Å²) in [4.78, 5) is 70.3. The average molecular weight is 801 g/mol. The fourth-order valence-corrected chi connectivity index (χ4v) is 6.29. The summed E-state index contributed by atoms with van der Waals surface area (Å²) in [5.41, 5.74) is 1.60. The molecule has 3 aromatic rings. The van der Waals surface area contributed by atoms with Crippen molar-refractivity contribution in [3.63, 3.8) is 0 Å². The van der Waals surface area contributed by atoms with E-state index in [1.165, 1.54) is 0 Å². The Bertz CT molecular complexity index is 1920. The van der Waals surface area contributed by atoms with Gasteiger partial charge in [-0.15, -0.1) is 0 Å². The molecule has 10 atom stereocenters. The normalized spacial score (nSPS) is 22.3. The quantitative estimate of drug-likeness (QED) is 0.0422. The topological polar surface area (TPSA) is 363 Å². The molecule has 0 spiro atoms. The van der Waals surface area contributed by atoms with Gasteiger partial charge in [-0.2, -0.15) is 4.98 Å². The van der Waals surface area contributed by atoms with E-state index in [4.69, 9.17) is 19.7 Å². The number of aliphatic hydroxyl groups excluding tert-OH is 5. The summed E-state index contributed by atoms with van der Waals surface area (Å²) in [6.45, 7) is 1.87. The summed E-state index contributed by atoms with van der Waals surface area (Å²) in [6.07, 6.45) is -14.7. The van der Waals surface area contributed by atoms with Crippen molar-refractivity contribution in [1.82, 2.24) is 19.9 Å². The zero-order valence-corrected chi connectivity index (χ0v) is 30.1. The fraction of sp³-hybridized carbons (Fsp3) is 0.516. The van der Waals surface area contributed by atoms with Crippen LogP contribution in [0.2, 0.25) is 0 Å². The number of carbonyl (C=O) groups excluding carboxylic acids is 1. The largest absolute Gasteiger partial charge is 0.481 e. The van der Waals surface area contributed by atoms with Crippen molar-refractivity contribution in [2.45, 2.75) is 88.2 Å². The Hall–Kier alpha value is -4.52. The number of aromatic amines is 1. The van der Waals surface area contributed by atoms with Crippen molar-refractivity contribution < 1.29 is 78.1 Å². The summed E-state index contributed by atoms with van der Waals surface area (Å²) in [5, 5.41) is 75.5. The number of aliphatic carboxylic acids is 2. The van der Waals surface area contributed by atoms with Crippen molar-refractivity contribution in [3.8, 4) is 0 Å². The number of fused-ring (bicyclic) bond motifs is 1. The van der Waals surface area contributed by atoms with Gasteiger partial charge in [0.15, 0.2) is 23.6 Å². The number of aromatic nitrogens is 4. The molecule has 1 aliphatic heterocycles. The second kappa shape index (κ2) is 18.9. The first-order valence-corrected chi connectivity index (χ1v) is 18.0. The van der Waals surface area contributed by atoms with E-state index in [2.05, 4.69) is 39.6 Å². The maximum atomic E-state index is 12.5. The predicted octanol–water partition coefficient (Wildman–Crippen LogP) is -1.70. The second-order valence-electron chi connectivity index (χ2n) is 12.4. The van der Waals surface area contributed by atoms with Gasteiger partial charge in [-0.1, -0.05) is 12.1 Å². The van der Waals surface area contributed by atoms with Gasteiger partial charge in [0.05, 0.1) is 36.7 Å². The van der Waals surface area contributed by atoms with E-state index in [1.807, 2.05) is 0 Å². The number of H-pyrrole nitrogens is 1. The molecule has 0 aliphatic carbocycles. The maximum Gasteiger partial charge on any atom is 0.473 e. The van der Waals surface area contributed by atoms with Gasteiger partial charge in [0.2, 0.25) is 12.4 Å². The van der Waals surface area contributed by atoms with Crippen LogP contribution in [0.1, 0.15) is 42.8 Å². The Morgan fingerprint density at radius 1 is 1.07 bits per heavy atom. The van der Waals surface area contributed by atoms with Crippen LogP contribution in [-0.2, 0) is 43.9 Å². The number of aliphatic hydroxyl groups is 5. The molecule has 1 saturated heterocycles. The number of nitrogens with one attached hydrogen (secondary N) is 3. The van der Waals surface area contributed by atoms with Gasteiger partial charge in [0, 0.05) is 18.5 Å². The molecule has 55 heavy (non-hydrogen) atoms. The highest BCUT2D eigenvalue weighted by Gasteiger charge is 2.45. The third kappa shape index (κ3) is 11.7. The monoisotopic (exact) mass is 800 g/mol. The summed E-state index contributed by atoms with van der Waals surface area (Å²) < 4.78 is 32.0. The molecule has 23 nitrogen and oxygen atoms in total. The zero-order valence-electron chi connectivity index (χ0n) is 29.2. The zero-order chi connectivity index (χ0) is 40.6. The van der Waals surface area contributed by atoms with Crippen molar-refractivity contribution in [3.05, 3.63) is 51.6 Å². The van der Waals surface area contributed by atoms with E-state index < -0.39 is 106 Å². The Morgan fingerprint density at radius 2 is 1.76 bits per heavy atom. The molecule has 1 aromatic carbocycles. The van der Waals surface area contributed by atoms with Crippen molar-refractivity contribution >= 4 is 49.0 Å². The Morgan fingerprint density at radius 3 is 2.40 bits per heavy atom. The first kappa shape index (κ1) is 43.2. The molecule has 0 radical (unpaired) electrons. The van der Waals surface area contributed by atoms with Crippen LogP contribution < -0.4 is 16.2 Å². The van der Waals surface area contributed by atoms with Crippen LogP contribution in [0.25, 0.3) is 11.2 Å². The van der Waals surface area contributed by atoms with Gasteiger partial charge < -0.3 is 55.4 Å². The minimum Gasteiger partial charge on any atom is -0.481 e. The molecule has 4 rings (SSSR count). The van der Waals surface area contributed by atoms with Gasteiger partial charge in [-0.3, -0.25) is 33.7 Å². The summed E-state index contributed by atoms with van der Waals surface area (Å²) >= 11 is 0. The average Bonchev–Trinajstić information content (AvgIpc) is 3.39. The number of anilines is 2. The van der Waals surface area contributed by atoms with Crippen molar-refractivity contribution in [2.75, 3.05) is 23.8 Å². The SMILES string of the molecule is Cc1nc2nc(NC=O)[nH]c(=O)c2nc1[C@@H](C)Nc1ccc(C[C@H](O)[C@H](O)[C@H](O)CO[C@H]2O[C@H](COP(=O)(O)O[C@@H](CCC(=O)O)C(=O)O)[C@@H](O)[C@H]2O)cc1. The minimum atomic E-state index is -5.12. The van der Waals surface area contributed by atoms with E-state index in [0.717, 1.165) is 0 Å². The number of phosphoric acid groups is 1. The highest BCUT2D eigenvalue weighted by atomic mass is 31.2. The minimum absolute atomic E-state index is 0.0199. The number of hydrogen-bond acceptors (Lipinski definition) is 18. The van der Waals surface area contributed by atoms with Crippen LogP contribution in [0.5, 0.6) is 0 Å². The molecule has 302 valence electrons. The van der Waals surface area contributed by atoms with Crippen LogP contribution >= 0.6 is 7.82 Å². The van der Waals surface area contributed by atoms with E-state index in [9.17, 15) is 54.2 Å². The molecule has 0 bridgehead atoms. The number of ether oxygens (including phenoxy) is 2. The predicted molar refractivity (Wildman–Crippen MR) is 184 cm³/mol.